The molecule has 8 heteroatoms. The first-order valence-corrected chi connectivity index (χ1v) is 8.72. The molecular formula is C18H17N7O. The molecule has 4 aromatic rings. The standard InChI is InChI=1S/C18H17N7O/c26-16-10-19-15-9-20-18(23-17(15)25(16)13-3-1-2-4-13)22-12-5-6-14-11(7-12)8-21-24-14/h5-10,13H,1-4H2,(H,21,24)(H,20,22,23). The Kier molecular flexibility index (Phi) is 3.41. The van der Waals surface area contributed by atoms with Gasteiger partial charge in [-0.25, -0.2) is 9.97 Å². The number of nitrogens with one attached hydrogen (secondary N) is 2. The minimum Gasteiger partial charge on any atom is -0.324 e. The topological polar surface area (TPSA) is 101 Å². The molecule has 3 aromatic heterocycles. The first kappa shape index (κ1) is 15.0. The molecule has 0 saturated heterocycles. The fourth-order valence-electron chi connectivity index (χ4n) is 3.65. The lowest BCUT2D eigenvalue weighted by molar-refractivity contribution is 0.514. The van der Waals surface area contributed by atoms with Gasteiger partial charge in [-0.3, -0.25) is 14.5 Å². The molecule has 0 bridgehead atoms. The highest BCUT2D eigenvalue weighted by Gasteiger charge is 2.21. The van der Waals surface area contributed by atoms with E-state index in [1.807, 2.05) is 18.2 Å². The number of rotatable bonds is 3. The molecule has 2 N–H and O–H groups in total. The molecule has 0 radical (unpaired) electrons. The monoisotopic (exact) mass is 347 g/mol. The van der Waals surface area contributed by atoms with Crippen LogP contribution >= 0.6 is 0 Å². The molecule has 1 aliphatic rings. The van der Waals surface area contributed by atoms with Gasteiger partial charge in [0.25, 0.3) is 5.56 Å². The zero-order valence-corrected chi connectivity index (χ0v) is 14.0. The molecule has 3 heterocycles. The van der Waals surface area contributed by atoms with E-state index in [1.165, 1.54) is 6.20 Å². The molecular weight excluding hydrogens is 330 g/mol. The third kappa shape index (κ3) is 2.50. The minimum atomic E-state index is -0.103. The second-order valence-corrected chi connectivity index (χ2v) is 6.60. The predicted molar refractivity (Wildman–Crippen MR) is 98.5 cm³/mol. The maximum atomic E-state index is 12.4. The number of hydrogen-bond donors (Lipinski definition) is 2. The van der Waals surface area contributed by atoms with Crippen LogP contribution in [0.15, 0.2) is 41.6 Å². The van der Waals surface area contributed by atoms with Crippen molar-refractivity contribution in [2.45, 2.75) is 31.7 Å². The number of nitrogens with zero attached hydrogens (tertiary/aromatic N) is 5. The molecule has 1 aliphatic carbocycles. The summed E-state index contributed by atoms with van der Waals surface area (Å²) in [5.74, 6) is 0.444. The van der Waals surface area contributed by atoms with Gasteiger partial charge in [0.05, 0.1) is 24.1 Å². The van der Waals surface area contributed by atoms with Crippen molar-refractivity contribution in [3.63, 3.8) is 0 Å². The van der Waals surface area contributed by atoms with Crippen molar-refractivity contribution in [3.05, 3.63) is 47.1 Å². The molecule has 26 heavy (non-hydrogen) atoms. The van der Waals surface area contributed by atoms with Crippen molar-refractivity contribution >= 4 is 33.7 Å². The molecule has 0 spiro atoms. The van der Waals surface area contributed by atoms with Crippen molar-refractivity contribution in [3.8, 4) is 0 Å². The van der Waals surface area contributed by atoms with Crippen LogP contribution in [0, 0.1) is 0 Å². The van der Waals surface area contributed by atoms with Crippen LogP contribution in [-0.2, 0) is 0 Å². The van der Waals surface area contributed by atoms with E-state index in [4.69, 9.17) is 0 Å². The van der Waals surface area contributed by atoms with Gasteiger partial charge in [-0.1, -0.05) is 12.8 Å². The first-order valence-electron chi connectivity index (χ1n) is 8.72. The number of H-pyrrole nitrogens is 1. The Morgan fingerprint density at radius 1 is 1.12 bits per heavy atom. The van der Waals surface area contributed by atoms with Crippen LogP contribution in [0.4, 0.5) is 11.6 Å². The van der Waals surface area contributed by atoms with Crippen LogP contribution in [0.3, 0.4) is 0 Å². The van der Waals surface area contributed by atoms with Gasteiger partial charge in [-0.15, -0.1) is 0 Å². The smallest absolute Gasteiger partial charge is 0.270 e. The molecule has 8 nitrogen and oxygen atoms in total. The third-order valence-electron chi connectivity index (χ3n) is 4.92. The van der Waals surface area contributed by atoms with Gasteiger partial charge >= 0.3 is 0 Å². The summed E-state index contributed by atoms with van der Waals surface area (Å²) < 4.78 is 1.78. The lowest BCUT2D eigenvalue weighted by atomic mass is 10.2. The number of hydrogen-bond acceptors (Lipinski definition) is 6. The van der Waals surface area contributed by atoms with Crippen LogP contribution in [0.25, 0.3) is 22.1 Å². The quantitative estimate of drug-likeness (QED) is 0.591. The summed E-state index contributed by atoms with van der Waals surface area (Å²) in [6.07, 6.45) is 9.08. The SMILES string of the molecule is O=c1cnc2cnc(Nc3ccc4[nH]ncc4c3)nc2n1C1CCCC1. The molecule has 0 unspecified atom stereocenters. The van der Waals surface area contributed by atoms with E-state index in [0.29, 0.717) is 17.1 Å². The summed E-state index contributed by atoms with van der Waals surface area (Å²) in [5, 5.41) is 11.2. The number of benzene rings is 1. The third-order valence-corrected chi connectivity index (χ3v) is 4.92. The minimum absolute atomic E-state index is 0.103. The lowest BCUT2D eigenvalue weighted by Crippen LogP contribution is -2.24. The first-order chi connectivity index (χ1) is 12.8. The highest BCUT2D eigenvalue weighted by molar-refractivity contribution is 5.82. The predicted octanol–water partition coefficient (Wildman–Crippen LogP) is 2.92. The maximum Gasteiger partial charge on any atom is 0.270 e. The summed E-state index contributed by atoms with van der Waals surface area (Å²) in [6, 6.07) is 6.04. The van der Waals surface area contributed by atoms with Crippen LogP contribution < -0.4 is 10.9 Å². The Bertz CT molecular complexity index is 1160. The van der Waals surface area contributed by atoms with Crippen molar-refractivity contribution in [2.75, 3.05) is 5.32 Å². The van der Waals surface area contributed by atoms with Crippen LogP contribution in [0.1, 0.15) is 31.7 Å². The van der Waals surface area contributed by atoms with E-state index >= 15 is 0 Å². The van der Waals surface area contributed by atoms with E-state index in [-0.39, 0.29) is 11.6 Å². The zero-order chi connectivity index (χ0) is 17.5. The van der Waals surface area contributed by atoms with E-state index in [9.17, 15) is 4.79 Å². The fourth-order valence-corrected chi connectivity index (χ4v) is 3.65. The van der Waals surface area contributed by atoms with E-state index < -0.39 is 0 Å². The number of fused-ring (bicyclic) bond motifs is 2. The number of aromatic nitrogens is 6. The molecule has 0 atom stereocenters. The molecule has 1 aromatic carbocycles. The average molecular weight is 347 g/mol. The second kappa shape index (κ2) is 5.91. The van der Waals surface area contributed by atoms with Crippen molar-refractivity contribution in [2.24, 2.45) is 0 Å². The Morgan fingerprint density at radius 2 is 2.00 bits per heavy atom. The second-order valence-electron chi connectivity index (χ2n) is 6.60. The van der Waals surface area contributed by atoms with Gasteiger partial charge in [0, 0.05) is 17.1 Å². The van der Waals surface area contributed by atoms with Gasteiger partial charge in [0.15, 0.2) is 5.65 Å². The van der Waals surface area contributed by atoms with Crippen LogP contribution in [0.5, 0.6) is 0 Å². The molecule has 5 rings (SSSR count). The van der Waals surface area contributed by atoms with Gasteiger partial charge in [-0.05, 0) is 31.0 Å². The average Bonchev–Trinajstić information content (AvgIpc) is 3.32. The van der Waals surface area contributed by atoms with E-state index in [1.54, 1.807) is 17.0 Å². The summed E-state index contributed by atoms with van der Waals surface area (Å²) in [5.41, 5.74) is 2.94. The normalized spacial score (nSPS) is 15.1. The molecule has 1 saturated carbocycles. The van der Waals surface area contributed by atoms with Crippen LogP contribution in [-0.4, -0.2) is 29.7 Å². The fraction of sp³-hybridized carbons (Fsp3) is 0.278. The van der Waals surface area contributed by atoms with Crippen molar-refractivity contribution in [1.29, 1.82) is 0 Å². The summed E-state index contributed by atoms with van der Waals surface area (Å²) in [6.45, 7) is 0. The zero-order valence-electron chi connectivity index (χ0n) is 14.0. The van der Waals surface area contributed by atoms with Crippen molar-refractivity contribution in [1.82, 2.24) is 29.7 Å². The van der Waals surface area contributed by atoms with Gasteiger partial charge in [0.2, 0.25) is 5.95 Å². The van der Waals surface area contributed by atoms with Gasteiger partial charge in [-0.2, -0.15) is 10.1 Å². The lowest BCUT2D eigenvalue weighted by Gasteiger charge is -2.15. The summed E-state index contributed by atoms with van der Waals surface area (Å²) >= 11 is 0. The molecule has 1 fully saturated rings. The Balaban J connectivity index is 1.57. The molecule has 130 valence electrons. The van der Waals surface area contributed by atoms with Crippen molar-refractivity contribution < 1.29 is 0 Å². The Morgan fingerprint density at radius 3 is 2.88 bits per heavy atom. The number of anilines is 2. The van der Waals surface area contributed by atoms with Gasteiger partial charge in [0.1, 0.15) is 5.52 Å². The highest BCUT2D eigenvalue weighted by atomic mass is 16.1. The van der Waals surface area contributed by atoms with Gasteiger partial charge < -0.3 is 5.32 Å². The summed E-state index contributed by atoms with van der Waals surface area (Å²) in [4.78, 5) is 25.6. The molecule has 0 aliphatic heterocycles. The largest absolute Gasteiger partial charge is 0.324 e. The number of aromatic amines is 1. The summed E-state index contributed by atoms with van der Waals surface area (Å²) in [7, 11) is 0. The Labute approximate surface area is 148 Å². The Hall–Kier alpha value is -3.29. The van der Waals surface area contributed by atoms with E-state index in [0.717, 1.165) is 42.3 Å². The highest BCUT2D eigenvalue weighted by Crippen LogP contribution is 2.30. The maximum absolute atomic E-state index is 12.4. The van der Waals surface area contributed by atoms with E-state index in [2.05, 4.69) is 30.5 Å². The van der Waals surface area contributed by atoms with Crippen LogP contribution in [0.2, 0.25) is 0 Å². The molecule has 0 amide bonds.